The summed E-state index contributed by atoms with van der Waals surface area (Å²) in [6, 6.07) is 2.90. The van der Waals surface area contributed by atoms with Crippen LogP contribution in [0.25, 0.3) is 0 Å². The van der Waals surface area contributed by atoms with E-state index in [0.29, 0.717) is 18.7 Å². The molecule has 2 amide bonds. The highest BCUT2D eigenvalue weighted by atomic mass is 19.2. The fraction of sp³-hybridized carbons (Fsp3) is 0.500. The zero-order valence-electron chi connectivity index (χ0n) is 13.0. The molecule has 0 saturated carbocycles. The lowest BCUT2D eigenvalue weighted by Gasteiger charge is -2.30. The van der Waals surface area contributed by atoms with Gasteiger partial charge in [-0.05, 0) is 24.1 Å². The number of likely N-dealkylation sites (tertiary alicyclic amines) is 1. The van der Waals surface area contributed by atoms with E-state index in [9.17, 15) is 23.5 Å². The Morgan fingerprint density at radius 2 is 2.12 bits per heavy atom. The first-order chi connectivity index (χ1) is 11.5. The number of β-amino-alcohol motifs (C(OH)–C–C–N with tert-alkyl or cyclic N) is 1. The summed E-state index contributed by atoms with van der Waals surface area (Å²) < 4.78 is 31.6. The van der Waals surface area contributed by atoms with E-state index in [1.165, 1.54) is 15.9 Å². The first-order valence-electron chi connectivity index (χ1n) is 7.73. The molecule has 0 bridgehead atoms. The van der Waals surface area contributed by atoms with E-state index >= 15 is 0 Å². The molecule has 3 rings (SSSR count). The number of nitrogens with zero attached hydrogens (tertiary/aromatic N) is 2. The smallest absolute Gasteiger partial charge is 0.249 e. The van der Waals surface area contributed by atoms with Crippen LogP contribution in [0.4, 0.5) is 8.78 Å². The standard InChI is InChI=1S/C16H18F2N2O4/c17-12-2-1-10(5-13(12)18)14-6-11(21)7-20(14)15(22)8-19-3-4-24-9-16(19)23/h1-2,5,11,14,21H,3-4,6-9H2/t11-,14+/m0/s1. The van der Waals surface area contributed by atoms with E-state index in [4.69, 9.17) is 4.74 Å². The summed E-state index contributed by atoms with van der Waals surface area (Å²) in [4.78, 5) is 27.1. The maximum Gasteiger partial charge on any atom is 0.249 e. The zero-order chi connectivity index (χ0) is 17.3. The zero-order valence-corrected chi connectivity index (χ0v) is 13.0. The lowest BCUT2D eigenvalue weighted by molar-refractivity contribution is -0.148. The average Bonchev–Trinajstić information content (AvgIpc) is 2.94. The number of carbonyl (C=O) groups is 2. The average molecular weight is 340 g/mol. The van der Waals surface area contributed by atoms with Crippen LogP contribution in [0.3, 0.4) is 0 Å². The van der Waals surface area contributed by atoms with Crippen LogP contribution < -0.4 is 0 Å². The minimum atomic E-state index is -0.996. The predicted octanol–water partition coefficient (Wildman–Crippen LogP) is 0.458. The molecule has 0 unspecified atom stereocenters. The molecule has 2 heterocycles. The summed E-state index contributed by atoms with van der Waals surface area (Å²) in [6.45, 7) is 0.629. The van der Waals surface area contributed by atoms with E-state index in [1.807, 2.05) is 0 Å². The third kappa shape index (κ3) is 3.39. The van der Waals surface area contributed by atoms with Gasteiger partial charge in [-0.3, -0.25) is 9.59 Å². The Balaban J connectivity index is 1.75. The summed E-state index contributed by atoms with van der Waals surface area (Å²) in [5, 5.41) is 9.90. The van der Waals surface area contributed by atoms with Crippen LogP contribution in [0, 0.1) is 11.6 Å². The number of amides is 2. The third-order valence-electron chi connectivity index (χ3n) is 4.34. The lowest BCUT2D eigenvalue weighted by atomic mass is 10.0. The number of benzene rings is 1. The van der Waals surface area contributed by atoms with Gasteiger partial charge in [-0.2, -0.15) is 0 Å². The van der Waals surface area contributed by atoms with Crippen LogP contribution in [0.15, 0.2) is 18.2 Å². The van der Waals surface area contributed by atoms with Crippen molar-refractivity contribution in [3.05, 3.63) is 35.4 Å². The molecule has 2 aliphatic heterocycles. The summed E-state index contributed by atoms with van der Waals surface area (Å²) in [7, 11) is 0. The summed E-state index contributed by atoms with van der Waals surface area (Å²) in [5.74, 6) is -2.56. The molecule has 0 spiro atoms. The predicted molar refractivity (Wildman–Crippen MR) is 78.8 cm³/mol. The molecule has 0 aliphatic carbocycles. The SMILES string of the molecule is O=C1COCCN1CC(=O)N1C[C@@H](O)C[C@@H]1c1ccc(F)c(F)c1. The van der Waals surface area contributed by atoms with Crippen molar-refractivity contribution in [3.8, 4) is 0 Å². The van der Waals surface area contributed by atoms with Gasteiger partial charge in [0.1, 0.15) is 6.61 Å². The van der Waals surface area contributed by atoms with E-state index < -0.39 is 23.8 Å². The topological polar surface area (TPSA) is 70.1 Å². The Hall–Kier alpha value is -2.06. The molecule has 2 fully saturated rings. The van der Waals surface area contributed by atoms with Crippen molar-refractivity contribution in [2.45, 2.75) is 18.6 Å². The van der Waals surface area contributed by atoms with Gasteiger partial charge in [-0.15, -0.1) is 0 Å². The van der Waals surface area contributed by atoms with Gasteiger partial charge in [-0.1, -0.05) is 6.07 Å². The molecular weight excluding hydrogens is 322 g/mol. The van der Waals surface area contributed by atoms with E-state index in [1.54, 1.807) is 0 Å². The minimum Gasteiger partial charge on any atom is -0.391 e. The second-order valence-electron chi connectivity index (χ2n) is 5.99. The van der Waals surface area contributed by atoms with Gasteiger partial charge in [0.05, 0.1) is 25.3 Å². The normalized spacial score (nSPS) is 24.5. The van der Waals surface area contributed by atoms with Crippen molar-refractivity contribution >= 4 is 11.8 Å². The molecule has 2 aliphatic rings. The van der Waals surface area contributed by atoms with Gasteiger partial charge in [0.25, 0.3) is 0 Å². The molecule has 8 heteroatoms. The quantitative estimate of drug-likeness (QED) is 0.868. The molecule has 24 heavy (non-hydrogen) atoms. The fourth-order valence-electron chi connectivity index (χ4n) is 3.10. The van der Waals surface area contributed by atoms with E-state index in [2.05, 4.69) is 0 Å². The van der Waals surface area contributed by atoms with E-state index in [0.717, 1.165) is 12.1 Å². The molecule has 1 N–H and O–H groups in total. The van der Waals surface area contributed by atoms with Gasteiger partial charge in [0.2, 0.25) is 11.8 Å². The van der Waals surface area contributed by atoms with Crippen molar-refractivity contribution in [1.29, 1.82) is 0 Å². The monoisotopic (exact) mass is 340 g/mol. The highest BCUT2D eigenvalue weighted by molar-refractivity contribution is 5.86. The highest BCUT2D eigenvalue weighted by Crippen LogP contribution is 2.33. The second-order valence-corrected chi connectivity index (χ2v) is 5.99. The number of aliphatic hydroxyl groups is 1. The third-order valence-corrected chi connectivity index (χ3v) is 4.34. The van der Waals surface area contributed by atoms with Crippen molar-refractivity contribution < 1.29 is 28.2 Å². The molecule has 2 atom stereocenters. The molecule has 0 aromatic heterocycles. The first kappa shape index (κ1) is 16.8. The Kier molecular flexibility index (Phi) is 4.77. The Labute approximate surface area is 137 Å². The minimum absolute atomic E-state index is 0.0531. The number of rotatable bonds is 3. The number of hydrogen-bond acceptors (Lipinski definition) is 4. The van der Waals surface area contributed by atoms with E-state index in [-0.39, 0.29) is 37.9 Å². The Morgan fingerprint density at radius 3 is 2.83 bits per heavy atom. The number of hydrogen-bond donors (Lipinski definition) is 1. The van der Waals surface area contributed by atoms with Crippen LogP contribution in [0.2, 0.25) is 0 Å². The van der Waals surface area contributed by atoms with Gasteiger partial charge >= 0.3 is 0 Å². The second kappa shape index (κ2) is 6.82. The van der Waals surface area contributed by atoms with Crippen LogP contribution in [0.1, 0.15) is 18.0 Å². The summed E-state index contributed by atoms with van der Waals surface area (Å²) >= 11 is 0. The number of halogens is 2. The lowest BCUT2D eigenvalue weighted by Crippen LogP contribution is -2.48. The van der Waals surface area contributed by atoms with Gasteiger partial charge in [-0.25, -0.2) is 8.78 Å². The van der Waals surface area contributed by atoms with Crippen molar-refractivity contribution in [2.24, 2.45) is 0 Å². The number of aliphatic hydroxyl groups excluding tert-OH is 1. The molecule has 1 aromatic carbocycles. The number of ether oxygens (including phenoxy) is 1. The summed E-state index contributed by atoms with van der Waals surface area (Å²) in [6.07, 6.45) is -0.499. The Bertz CT molecular complexity index is 655. The molecule has 0 radical (unpaired) electrons. The first-order valence-corrected chi connectivity index (χ1v) is 7.73. The highest BCUT2D eigenvalue weighted by Gasteiger charge is 2.36. The maximum atomic E-state index is 13.5. The maximum absolute atomic E-state index is 13.5. The van der Waals surface area contributed by atoms with Crippen molar-refractivity contribution in [3.63, 3.8) is 0 Å². The van der Waals surface area contributed by atoms with Crippen LogP contribution >= 0.6 is 0 Å². The number of carbonyl (C=O) groups excluding carboxylic acids is 2. The van der Waals surface area contributed by atoms with Crippen molar-refractivity contribution in [1.82, 2.24) is 9.80 Å². The molecule has 6 nitrogen and oxygen atoms in total. The van der Waals surface area contributed by atoms with Gasteiger partial charge in [0.15, 0.2) is 11.6 Å². The summed E-state index contributed by atoms with van der Waals surface area (Å²) in [5.41, 5.74) is 0.423. The molecule has 2 saturated heterocycles. The van der Waals surface area contributed by atoms with Gasteiger partial charge < -0.3 is 19.6 Å². The Morgan fingerprint density at radius 1 is 1.33 bits per heavy atom. The van der Waals surface area contributed by atoms with Gasteiger partial charge in [0, 0.05) is 13.1 Å². The molecule has 1 aromatic rings. The molecule has 130 valence electrons. The van der Waals surface area contributed by atoms with Crippen molar-refractivity contribution in [2.75, 3.05) is 32.8 Å². The largest absolute Gasteiger partial charge is 0.391 e. The molecular formula is C16H18F2N2O4. The van der Waals surface area contributed by atoms with Crippen LogP contribution in [-0.4, -0.2) is 65.7 Å². The number of morpholine rings is 1. The van der Waals surface area contributed by atoms with Crippen LogP contribution in [0.5, 0.6) is 0 Å². The van der Waals surface area contributed by atoms with Crippen LogP contribution in [-0.2, 0) is 14.3 Å². The fourth-order valence-corrected chi connectivity index (χ4v) is 3.10.